The fourth-order valence-electron chi connectivity index (χ4n) is 14.4. The lowest BCUT2D eigenvalue weighted by Gasteiger charge is -2.08. The molecule has 0 spiro atoms. The maximum absolute atomic E-state index is 11.9. The fourth-order valence-corrected chi connectivity index (χ4v) is 39.7. The van der Waals surface area contributed by atoms with E-state index in [9.17, 15) is 55.2 Å². The Morgan fingerprint density at radius 1 is 0.283 bits per heavy atom. The largest absolute Gasteiger partial charge is 0.356 e. The van der Waals surface area contributed by atoms with Crippen molar-refractivity contribution in [3.05, 3.63) is 78.4 Å². The third-order valence-electron chi connectivity index (χ3n) is 22.4. The SMILES string of the molecule is CCCNC(=O)CCCCC1CCSS1.CCCNC(=O)CCCCC1CCSS1.CCCNC(=O)CCCCC1CCSS1.CCCNC(=O)CCCCC1CCSS1.CCCNC(=O)CCCCC1CCSS1.CS(=O)(=O)c1ccc(NC(=O)CCCCC2CCSS2)cc1.Cc1ccc(NC(=O)CCCCC2CCSS2)cc1.O=C(CCCCC1CCSS1)Nc1cccc(S(=O)(=O)O)c1. The molecule has 39 heteroatoms. The zero-order chi connectivity index (χ0) is 100. The first-order valence-corrected chi connectivity index (χ1v) is 73.1. The van der Waals surface area contributed by atoms with Crippen LogP contribution in [0, 0.1) is 6.92 Å². The number of hydrogen-bond acceptors (Lipinski definition) is 28. The second-order valence-corrected chi connectivity index (χ2v) is 60.9. The summed E-state index contributed by atoms with van der Waals surface area (Å²) in [4.78, 5) is 91.9. The highest BCUT2D eigenvalue weighted by molar-refractivity contribution is 8.79. The maximum atomic E-state index is 11.9. The number of aryl methyl sites for hydroxylation is 1. The topological polar surface area (TPSA) is 321 Å². The summed E-state index contributed by atoms with van der Waals surface area (Å²) in [5, 5.41) is 29.6. The Kier molecular flexibility index (Phi) is 79.2. The van der Waals surface area contributed by atoms with Gasteiger partial charge in [-0.2, -0.15) is 8.42 Å². The summed E-state index contributed by atoms with van der Waals surface area (Å²) >= 11 is 0. The Morgan fingerprint density at radius 3 is 0.688 bits per heavy atom. The van der Waals surface area contributed by atoms with Crippen LogP contribution in [-0.4, -0.2) is 196 Å². The van der Waals surface area contributed by atoms with E-state index in [1.54, 1.807) is 18.2 Å². The van der Waals surface area contributed by atoms with Crippen LogP contribution in [0.25, 0.3) is 0 Å². The number of anilines is 3. The Morgan fingerprint density at radius 2 is 0.493 bits per heavy atom. The Balaban J connectivity index is 0.000000331. The molecule has 8 fully saturated rings. The minimum absolute atomic E-state index is 0.0134. The fraction of sp³-hybridized carbons (Fsp3) is 0.737. The molecule has 8 heterocycles. The molecule has 11 rings (SSSR count). The number of nitrogens with one attached hydrogen (secondary N) is 8. The molecule has 0 aliphatic carbocycles. The van der Waals surface area contributed by atoms with Gasteiger partial charge in [-0.1, -0.05) is 282 Å². The van der Waals surface area contributed by atoms with E-state index in [1.165, 1.54) is 223 Å². The van der Waals surface area contributed by atoms with Crippen molar-refractivity contribution in [1.29, 1.82) is 0 Å². The van der Waals surface area contributed by atoms with Gasteiger partial charge < -0.3 is 42.5 Å². The van der Waals surface area contributed by atoms with Gasteiger partial charge in [0.15, 0.2) is 9.84 Å². The van der Waals surface area contributed by atoms with Crippen molar-refractivity contribution < 1.29 is 59.7 Å². The van der Waals surface area contributed by atoms with E-state index in [-0.39, 0.29) is 57.0 Å². The summed E-state index contributed by atoms with van der Waals surface area (Å²) < 4.78 is 53.8. The summed E-state index contributed by atoms with van der Waals surface area (Å²) in [5.74, 6) is 11.4. The van der Waals surface area contributed by atoms with Crippen LogP contribution in [0.1, 0.15) is 329 Å². The molecule has 0 radical (unpaired) electrons. The molecule has 8 aliphatic heterocycles. The first-order chi connectivity index (χ1) is 66.8. The highest BCUT2D eigenvalue weighted by Crippen LogP contribution is 2.46. The summed E-state index contributed by atoms with van der Waals surface area (Å²) in [6, 6.07) is 19.8. The van der Waals surface area contributed by atoms with Gasteiger partial charge in [0.25, 0.3) is 10.1 Å². The average molecular weight is 2250 g/mol. The first-order valence-electron chi connectivity index (χ1n) is 50.7. The molecule has 0 saturated carbocycles. The van der Waals surface area contributed by atoms with Gasteiger partial charge in [-0.05, 0) is 248 Å². The predicted octanol–water partition coefficient (Wildman–Crippen LogP) is 28.1. The molecule has 8 unspecified atom stereocenters. The molecule has 8 amide bonds. The predicted molar refractivity (Wildman–Crippen MR) is 625 cm³/mol. The van der Waals surface area contributed by atoms with Crippen LogP contribution in [0.2, 0.25) is 0 Å². The highest BCUT2D eigenvalue weighted by atomic mass is 33.1. The van der Waals surface area contributed by atoms with Crippen molar-refractivity contribution in [3.63, 3.8) is 0 Å². The number of rotatable bonds is 55. The number of carbonyl (C=O) groups is 8. The van der Waals surface area contributed by atoms with Gasteiger partial charge >= 0.3 is 0 Å². The molecule has 9 N–H and O–H groups in total. The summed E-state index contributed by atoms with van der Waals surface area (Å²) in [6.07, 6.45) is 49.4. The van der Waals surface area contributed by atoms with Gasteiger partial charge in [0, 0.05) is 195 Å². The lowest BCUT2D eigenvalue weighted by atomic mass is 10.1. The van der Waals surface area contributed by atoms with E-state index in [0.29, 0.717) is 62.7 Å². The number of hydrogen-bond donors (Lipinski definition) is 9. The summed E-state index contributed by atoms with van der Waals surface area (Å²) in [7, 11) is 24.5. The van der Waals surface area contributed by atoms with E-state index in [1.807, 2.05) is 204 Å². The van der Waals surface area contributed by atoms with E-state index in [0.717, 1.165) is 183 Å². The van der Waals surface area contributed by atoms with Crippen molar-refractivity contribution in [2.24, 2.45) is 0 Å². The van der Waals surface area contributed by atoms with E-state index in [2.05, 4.69) is 77.2 Å². The number of amides is 8. The highest BCUT2D eigenvalue weighted by Gasteiger charge is 2.24. The van der Waals surface area contributed by atoms with Gasteiger partial charge in [-0.25, -0.2) is 8.42 Å². The third-order valence-corrected chi connectivity index (χ3v) is 48.5. The van der Waals surface area contributed by atoms with Crippen LogP contribution in [0.4, 0.5) is 17.1 Å². The zero-order valence-electron chi connectivity index (χ0n) is 83.3. The van der Waals surface area contributed by atoms with Gasteiger partial charge in [0.2, 0.25) is 47.3 Å². The van der Waals surface area contributed by atoms with Crippen LogP contribution in [0.15, 0.2) is 82.6 Å². The number of carbonyl (C=O) groups excluding carboxylic acids is 8. The molecule has 8 aliphatic rings. The second-order valence-electron chi connectivity index (χ2n) is 35.2. The molecule has 8 saturated heterocycles. The molecular formula is C99H166N8O13S18. The molecule has 3 aromatic rings. The van der Waals surface area contributed by atoms with Crippen molar-refractivity contribution in [2.75, 3.05) is 101 Å². The lowest BCUT2D eigenvalue weighted by molar-refractivity contribution is -0.122. The molecule has 21 nitrogen and oxygen atoms in total. The molecule has 8 atom stereocenters. The Labute approximate surface area is 895 Å². The second kappa shape index (κ2) is 84.7. The van der Waals surface area contributed by atoms with Crippen molar-refractivity contribution in [1.82, 2.24) is 26.6 Å². The molecular weight excluding hydrogens is 2090 g/mol. The van der Waals surface area contributed by atoms with Gasteiger partial charge in [0.1, 0.15) is 0 Å². The molecule has 138 heavy (non-hydrogen) atoms. The standard InChI is InChI=1S/C15H21NO3S3.C15H21NOS2.C14H19NO4S3.5C11H21NOS2/c1-22(18,19)14-8-6-12(7-9-14)16-15(17)5-3-2-4-13-10-11-20-21-13;1-12-6-8-13(9-7-12)16-15(17)5-3-2-4-14-10-11-18-19-14;16-14(7-2-1-5-12-8-9-20-21-12)15-11-4-3-6-13(10-11)22(17,18)19;5*1-2-8-12-11(13)6-4-3-5-10-7-9-14-15-10/h6-9,13H,2-5,10-11H2,1H3,(H,16,17);6-9,14H,2-5,10-11H2,1H3,(H,16,17);3-4,6,10,12H,1-2,5,7-9H2,(H,15,16)(H,17,18,19);5*10H,2-9H2,1H3,(H,12,13). The zero-order valence-corrected chi connectivity index (χ0v) is 98.0. The number of unbranched alkanes of at least 4 members (excludes halogenated alkanes) is 8. The van der Waals surface area contributed by atoms with Crippen LogP contribution in [0.5, 0.6) is 0 Å². The average Bonchev–Trinajstić information content (AvgIpc) is 1.63. The van der Waals surface area contributed by atoms with Gasteiger partial charge in [-0.15, -0.1) is 0 Å². The number of sulfone groups is 1. The van der Waals surface area contributed by atoms with Crippen LogP contribution < -0.4 is 42.5 Å². The molecule has 3 aromatic carbocycles. The van der Waals surface area contributed by atoms with E-state index < -0.39 is 20.0 Å². The van der Waals surface area contributed by atoms with Gasteiger partial charge in [0.05, 0.1) is 9.79 Å². The maximum Gasteiger partial charge on any atom is 0.294 e. The summed E-state index contributed by atoms with van der Waals surface area (Å²) in [5.41, 5.74) is 3.13. The van der Waals surface area contributed by atoms with E-state index >= 15 is 0 Å². The number of benzene rings is 3. The molecule has 788 valence electrons. The first kappa shape index (κ1) is 129. The Hall–Kier alpha value is -1.12. The normalized spacial score (nSPS) is 19.5. The third kappa shape index (κ3) is 70.7. The Bertz CT molecular complexity index is 3700. The minimum Gasteiger partial charge on any atom is -0.356 e. The van der Waals surface area contributed by atoms with Crippen LogP contribution >= 0.6 is 173 Å². The van der Waals surface area contributed by atoms with Crippen LogP contribution in [-0.2, 0) is 58.3 Å². The minimum atomic E-state index is -4.25. The summed E-state index contributed by atoms with van der Waals surface area (Å²) in [6.45, 7) is 16.6. The monoisotopic (exact) mass is 2250 g/mol. The van der Waals surface area contributed by atoms with Crippen molar-refractivity contribution >= 4 is 257 Å². The van der Waals surface area contributed by atoms with Crippen molar-refractivity contribution in [2.45, 2.75) is 382 Å². The molecule has 0 aromatic heterocycles. The molecule has 0 bridgehead atoms. The lowest BCUT2D eigenvalue weighted by Crippen LogP contribution is -2.23. The van der Waals surface area contributed by atoms with Crippen molar-refractivity contribution in [3.8, 4) is 0 Å². The van der Waals surface area contributed by atoms with Gasteiger partial charge in [-0.3, -0.25) is 42.9 Å². The quantitative estimate of drug-likeness (QED) is 0.0144. The van der Waals surface area contributed by atoms with Crippen LogP contribution in [0.3, 0.4) is 0 Å². The smallest absolute Gasteiger partial charge is 0.294 e. The van der Waals surface area contributed by atoms with E-state index in [4.69, 9.17) is 4.55 Å².